The molecule has 0 bridgehead atoms. The molecule has 1 atom stereocenters. The van der Waals surface area contributed by atoms with Crippen molar-refractivity contribution >= 4 is 28.5 Å². The van der Waals surface area contributed by atoms with Crippen LogP contribution in [0.4, 0.5) is 5.69 Å². The zero-order valence-electron chi connectivity index (χ0n) is 23.0. The Labute approximate surface area is 228 Å². The zero-order valence-corrected chi connectivity index (χ0v) is 23.0. The van der Waals surface area contributed by atoms with E-state index in [9.17, 15) is 9.59 Å². The van der Waals surface area contributed by atoms with Crippen molar-refractivity contribution in [2.45, 2.75) is 52.2 Å². The first-order chi connectivity index (χ1) is 18.8. The molecule has 0 saturated heterocycles. The van der Waals surface area contributed by atoms with Crippen LogP contribution in [0.2, 0.25) is 0 Å². The van der Waals surface area contributed by atoms with E-state index in [0.717, 1.165) is 5.52 Å². The Morgan fingerprint density at radius 3 is 2.51 bits per heavy atom. The van der Waals surface area contributed by atoms with Gasteiger partial charge in [0.05, 0.1) is 19.2 Å². The number of hydrogen-bond donors (Lipinski definition) is 1. The molecule has 1 N–H and O–H groups in total. The second kappa shape index (κ2) is 12.0. The molecule has 4 aromatic rings. The number of rotatable bonds is 11. The van der Waals surface area contributed by atoms with Gasteiger partial charge in [-0.05, 0) is 57.5 Å². The lowest BCUT2D eigenvalue weighted by Gasteiger charge is -2.35. The maximum absolute atomic E-state index is 14.3. The van der Waals surface area contributed by atoms with Crippen molar-refractivity contribution in [3.8, 4) is 11.5 Å². The van der Waals surface area contributed by atoms with Gasteiger partial charge in [0.25, 0.3) is 0 Å². The van der Waals surface area contributed by atoms with Crippen molar-refractivity contribution in [3.05, 3.63) is 78.4 Å². The fraction of sp³-hybridized carbons (Fsp3) is 0.333. The van der Waals surface area contributed by atoms with E-state index in [4.69, 9.17) is 9.47 Å². The number of nitrogens with zero attached hydrogens (tertiary/aromatic N) is 4. The molecule has 1 unspecified atom stereocenters. The monoisotopic (exact) mass is 529 g/mol. The predicted molar refractivity (Wildman–Crippen MR) is 151 cm³/mol. The van der Waals surface area contributed by atoms with E-state index in [1.54, 1.807) is 36.1 Å². The molecule has 0 aliphatic carbocycles. The van der Waals surface area contributed by atoms with Gasteiger partial charge in [-0.1, -0.05) is 48.5 Å². The molecule has 1 heterocycles. The van der Waals surface area contributed by atoms with Crippen LogP contribution in [-0.4, -0.2) is 46.1 Å². The molecule has 0 aliphatic heterocycles. The first-order valence-electron chi connectivity index (χ1n) is 13.1. The summed E-state index contributed by atoms with van der Waals surface area (Å²) >= 11 is 0. The highest BCUT2D eigenvalue weighted by Crippen LogP contribution is 2.35. The SMILES string of the molecule is CCOc1ccccc1C(C(=O)NC(C)(C)CC)N(C(=O)Cn1nnc2ccccc21)c1cccc(OC)c1. The summed E-state index contributed by atoms with van der Waals surface area (Å²) < 4.78 is 12.9. The van der Waals surface area contributed by atoms with E-state index >= 15 is 0 Å². The van der Waals surface area contributed by atoms with E-state index in [1.165, 1.54) is 4.90 Å². The zero-order chi connectivity index (χ0) is 28.0. The molecule has 4 rings (SSSR count). The number of amides is 2. The number of hydrogen-bond acceptors (Lipinski definition) is 6. The summed E-state index contributed by atoms with van der Waals surface area (Å²) in [5.41, 5.74) is 1.98. The number of ether oxygens (including phenoxy) is 2. The number of nitrogens with one attached hydrogen (secondary N) is 1. The summed E-state index contributed by atoms with van der Waals surface area (Å²) in [4.78, 5) is 29.9. The van der Waals surface area contributed by atoms with Gasteiger partial charge in [-0.3, -0.25) is 14.5 Å². The Kier molecular flexibility index (Phi) is 8.49. The number of aromatic nitrogens is 3. The minimum Gasteiger partial charge on any atom is -0.497 e. The normalized spacial score (nSPS) is 12.1. The summed E-state index contributed by atoms with van der Waals surface area (Å²) in [5, 5.41) is 11.5. The van der Waals surface area contributed by atoms with Crippen molar-refractivity contribution in [1.29, 1.82) is 0 Å². The Morgan fingerprint density at radius 2 is 1.77 bits per heavy atom. The van der Waals surface area contributed by atoms with Crippen LogP contribution >= 0.6 is 0 Å². The number of anilines is 1. The molecule has 0 aliphatic rings. The van der Waals surface area contributed by atoms with Gasteiger partial charge in [-0.2, -0.15) is 0 Å². The third-order valence-electron chi connectivity index (χ3n) is 6.67. The van der Waals surface area contributed by atoms with Crippen LogP contribution < -0.4 is 19.7 Å². The van der Waals surface area contributed by atoms with Crippen LogP contribution in [0.15, 0.2) is 72.8 Å². The van der Waals surface area contributed by atoms with Crippen LogP contribution in [0.3, 0.4) is 0 Å². The largest absolute Gasteiger partial charge is 0.497 e. The molecule has 0 spiro atoms. The third-order valence-corrected chi connectivity index (χ3v) is 6.67. The summed E-state index contributed by atoms with van der Waals surface area (Å²) in [5.74, 6) is 0.414. The summed E-state index contributed by atoms with van der Waals surface area (Å²) in [6.45, 7) is 8.07. The van der Waals surface area contributed by atoms with Crippen molar-refractivity contribution < 1.29 is 19.1 Å². The average molecular weight is 530 g/mol. The van der Waals surface area contributed by atoms with Crippen LogP contribution in [0.25, 0.3) is 11.0 Å². The van der Waals surface area contributed by atoms with Gasteiger partial charge in [0.1, 0.15) is 29.6 Å². The van der Waals surface area contributed by atoms with Gasteiger partial charge in [-0.25, -0.2) is 4.68 Å². The van der Waals surface area contributed by atoms with E-state index < -0.39 is 11.6 Å². The lowest BCUT2D eigenvalue weighted by atomic mass is 9.97. The standard InChI is InChI=1S/C30H35N5O4/c1-6-30(3,4)31-29(37)28(23-15-8-11-18-26(23)39-7-2)35(21-13-12-14-22(19-21)38-5)27(36)20-34-25-17-10-9-16-24(25)32-33-34/h8-19,28H,6-7,20H2,1-5H3,(H,31,37). The van der Waals surface area contributed by atoms with E-state index in [-0.39, 0.29) is 18.4 Å². The smallest absolute Gasteiger partial charge is 0.249 e. The Bertz CT molecular complexity index is 1450. The van der Waals surface area contributed by atoms with Crippen LogP contribution in [-0.2, 0) is 16.1 Å². The molecule has 1 aromatic heterocycles. The highest BCUT2D eigenvalue weighted by Gasteiger charge is 2.37. The van der Waals surface area contributed by atoms with Crippen LogP contribution in [0.1, 0.15) is 45.7 Å². The van der Waals surface area contributed by atoms with E-state index in [0.29, 0.717) is 41.3 Å². The average Bonchev–Trinajstić information content (AvgIpc) is 3.34. The number of para-hydroxylation sites is 2. The number of carbonyl (C=O) groups is 2. The van der Waals surface area contributed by atoms with Crippen molar-refractivity contribution in [1.82, 2.24) is 20.3 Å². The summed E-state index contributed by atoms with van der Waals surface area (Å²) in [6.07, 6.45) is 0.705. The predicted octanol–water partition coefficient (Wildman–Crippen LogP) is 4.92. The maximum atomic E-state index is 14.3. The Balaban J connectivity index is 1.88. The first-order valence-corrected chi connectivity index (χ1v) is 13.1. The van der Waals surface area contributed by atoms with Crippen LogP contribution in [0.5, 0.6) is 11.5 Å². The first kappa shape index (κ1) is 27.6. The number of methoxy groups -OCH3 is 1. The number of carbonyl (C=O) groups excluding carboxylic acids is 2. The molecule has 0 radical (unpaired) electrons. The molecule has 3 aromatic carbocycles. The third kappa shape index (κ3) is 6.19. The van der Waals surface area contributed by atoms with Crippen molar-refractivity contribution in [3.63, 3.8) is 0 Å². The molecule has 204 valence electrons. The second-order valence-electron chi connectivity index (χ2n) is 9.80. The topological polar surface area (TPSA) is 98.6 Å². The molecule has 2 amide bonds. The quantitative estimate of drug-likeness (QED) is 0.296. The van der Waals surface area contributed by atoms with E-state index in [2.05, 4.69) is 15.6 Å². The molecule has 0 saturated carbocycles. The Morgan fingerprint density at radius 1 is 1.03 bits per heavy atom. The molecule has 39 heavy (non-hydrogen) atoms. The molecule has 0 fully saturated rings. The summed E-state index contributed by atoms with van der Waals surface area (Å²) in [6, 6.07) is 20.8. The van der Waals surface area contributed by atoms with Crippen molar-refractivity contribution in [2.24, 2.45) is 0 Å². The Hall–Kier alpha value is -4.40. The minimum absolute atomic E-state index is 0.129. The van der Waals surface area contributed by atoms with Crippen LogP contribution in [0, 0.1) is 0 Å². The van der Waals surface area contributed by atoms with Gasteiger partial charge >= 0.3 is 0 Å². The van der Waals surface area contributed by atoms with Gasteiger partial charge < -0.3 is 14.8 Å². The lowest BCUT2D eigenvalue weighted by Crippen LogP contribution is -2.51. The fourth-order valence-electron chi connectivity index (χ4n) is 4.32. The summed E-state index contributed by atoms with van der Waals surface area (Å²) in [7, 11) is 1.56. The molecular formula is C30H35N5O4. The highest BCUT2D eigenvalue weighted by molar-refractivity contribution is 6.02. The second-order valence-corrected chi connectivity index (χ2v) is 9.80. The van der Waals surface area contributed by atoms with Crippen molar-refractivity contribution in [2.75, 3.05) is 18.6 Å². The van der Waals surface area contributed by atoms with Gasteiger partial charge in [0, 0.05) is 22.9 Å². The van der Waals surface area contributed by atoms with Gasteiger partial charge in [-0.15, -0.1) is 5.10 Å². The molecule has 9 heteroatoms. The van der Waals surface area contributed by atoms with Gasteiger partial charge in [0.2, 0.25) is 11.8 Å². The fourth-order valence-corrected chi connectivity index (χ4v) is 4.32. The number of benzene rings is 3. The van der Waals surface area contributed by atoms with E-state index in [1.807, 2.05) is 76.2 Å². The lowest BCUT2D eigenvalue weighted by molar-refractivity contribution is -0.128. The number of fused-ring (bicyclic) bond motifs is 1. The molecule has 9 nitrogen and oxygen atoms in total. The van der Waals surface area contributed by atoms with Gasteiger partial charge in [0.15, 0.2) is 0 Å². The highest BCUT2D eigenvalue weighted by atomic mass is 16.5. The molecular weight excluding hydrogens is 494 g/mol. The minimum atomic E-state index is -1.03. The maximum Gasteiger partial charge on any atom is 0.249 e.